The maximum Gasteiger partial charge on any atom is 0.245 e. The first-order chi connectivity index (χ1) is 15.9. The van der Waals surface area contributed by atoms with Crippen molar-refractivity contribution in [3.8, 4) is 11.4 Å². The summed E-state index contributed by atoms with van der Waals surface area (Å²) in [6.45, 7) is 1.81. The summed E-state index contributed by atoms with van der Waals surface area (Å²) >= 11 is 6.15. The predicted molar refractivity (Wildman–Crippen MR) is 129 cm³/mol. The predicted octanol–water partition coefficient (Wildman–Crippen LogP) is 6.41. The van der Waals surface area contributed by atoms with E-state index in [1.807, 2.05) is 29.8 Å². The second-order valence-electron chi connectivity index (χ2n) is 8.26. The molecule has 0 atom stereocenters. The first-order valence-electron chi connectivity index (χ1n) is 10.5. The summed E-state index contributed by atoms with van der Waals surface area (Å²) in [6, 6.07) is 19.4. The second-order valence-corrected chi connectivity index (χ2v) is 8.67. The quantitative estimate of drug-likeness (QED) is 0.229. The first-order valence-corrected chi connectivity index (χ1v) is 10.8. The zero-order valence-electron chi connectivity index (χ0n) is 17.8. The van der Waals surface area contributed by atoms with E-state index in [-0.39, 0.29) is 17.1 Å². The van der Waals surface area contributed by atoms with E-state index < -0.39 is 0 Å². The van der Waals surface area contributed by atoms with Crippen molar-refractivity contribution >= 4 is 51.2 Å². The van der Waals surface area contributed by atoms with E-state index in [0.717, 1.165) is 33.2 Å². The number of hydrogen-bond acceptors (Lipinski definition) is 4. The topological polar surface area (TPSA) is 65.1 Å². The lowest BCUT2D eigenvalue weighted by Gasteiger charge is -2.04. The van der Waals surface area contributed by atoms with Gasteiger partial charge in [0.1, 0.15) is 17.1 Å². The molecule has 0 radical (unpaired) electrons. The van der Waals surface area contributed by atoms with Crippen molar-refractivity contribution in [1.29, 1.82) is 0 Å². The number of fused-ring (bicyclic) bond motifs is 3. The van der Waals surface area contributed by atoms with Crippen LogP contribution in [0.15, 0.2) is 70.7 Å². The molecule has 6 heteroatoms. The van der Waals surface area contributed by atoms with Crippen LogP contribution in [0.5, 0.6) is 0 Å². The van der Waals surface area contributed by atoms with Gasteiger partial charge in [-0.15, -0.1) is 0 Å². The van der Waals surface area contributed by atoms with Gasteiger partial charge >= 0.3 is 0 Å². The fraction of sp³-hybridized carbons (Fsp3) is 0.0741. The van der Waals surface area contributed by atoms with E-state index >= 15 is 0 Å². The molecule has 0 aliphatic heterocycles. The summed E-state index contributed by atoms with van der Waals surface area (Å²) in [7, 11) is 1.92. The van der Waals surface area contributed by atoms with Gasteiger partial charge in [0.05, 0.1) is 5.57 Å². The van der Waals surface area contributed by atoms with Crippen LogP contribution in [0.1, 0.15) is 32.0 Å². The average Bonchev–Trinajstić information content (AvgIpc) is 3.42. The number of furan rings is 1. The van der Waals surface area contributed by atoms with Crippen LogP contribution >= 0.6 is 11.6 Å². The zero-order valence-corrected chi connectivity index (χ0v) is 18.6. The van der Waals surface area contributed by atoms with Gasteiger partial charge in [-0.1, -0.05) is 48.0 Å². The van der Waals surface area contributed by atoms with Gasteiger partial charge in [-0.3, -0.25) is 9.59 Å². The number of halogens is 1. The molecule has 0 spiro atoms. The average molecular weight is 453 g/mol. The highest BCUT2D eigenvalue weighted by molar-refractivity contribution is 6.42. The highest BCUT2D eigenvalue weighted by Gasteiger charge is 2.34. The third kappa shape index (κ3) is 2.97. The van der Waals surface area contributed by atoms with E-state index in [1.54, 1.807) is 25.1 Å². The van der Waals surface area contributed by atoms with Crippen LogP contribution in [0, 0.1) is 6.92 Å². The largest absolute Gasteiger partial charge is 0.437 e. The summed E-state index contributed by atoms with van der Waals surface area (Å²) < 4.78 is 7.85. The number of imidazole rings is 1. The van der Waals surface area contributed by atoms with Crippen LogP contribution < -0.4 is 0 Å². The Balaban J connectivity index is 1.40. The normalized spacial score (nSPS) is 14.7. The van der Waals surface area contributed by atoms with E-state index in [2.05, 4.69) is 29.2 Å². The van der Waals surface area contributed by atoms with Crippen molar-refractivity contribution in [1.82, 2.24) is 9.55 Å². The fourth-order valence-corrected chi connectivity index (χ4v) is 4.54. The lowest BCUT2D eigenvalue weighted by Crippen LogP contribution is -2.00. The van der Waals surface area contributed by atoms with Crippen molar-refractivity contribution in [2.24, 2.45) is 7.05 Å². The number of ketones is 2. The van der Waals surface area contributed by atoms with Crippen LogP contribution in [-0.4, -0.2) is 21.1 Å². The Morgan fingerprint density at radius 1 is 0.939 bits per heavy atom. The number of carbonyl (C=O) groups is 2. The molecule has 0 saturated carbocycles. The molecule has 0 saturated heterocycles. The summed E-state index contributed by atoms with van der Waals surface area (Å²) in [5.74, 6) is 0.516. The third-order valence-electron chi connectivity index (χ3n) is 6.17. The molecule has 0 N–H and O–H groups in total. The van der Waals surface area contributed by atoms with E-state index in [4.69, 9.17) is 16.0 Å². The minimum atomic E-state index is -0.345. The van der Waals surface area contributed by atoms with Crippen molar-refractivity contribution in [2.45, 2.75) is 6.92 Å². The third-order valence-corrected chi connectivity index (χ3v) is 6.58. The lowest BCUT2D eigenvalue weighted by atomic mass is 10.1. The Hall–Kier alpha value is -3.96. The maximum atomic E-state index is 12.8. The molecular weight excluding hydrogens is 436 g/mol. The molecule has 160 valence electrons. The number of nitrogens with zero attached hydrogens (tertiary/aromatic N) is 2. The molecule has 0 unspecified atom stereocenters. The number of carbonyl (C=O) groups excluding carboxylic acids is 2. The molecule has 6 rings (SSSR count). The number of hydrogen-bond donors (Lipinski definition) is 0. The number of rotatable bonds is 2. The van der Waals surface area contributed by atoms with Gasteiger partial charge in [-0.25, -0.2) is 0 Å². The van der Waals surface area contributed by atoms with Crippen LogP contribution in [0.3, 0.4) is 0 Å². The van der Waals surface area contributed by atoms with Gasteiger partial charge < -0.3 is 8.98 Å². The molecule has 1 aliphatic rings. The van der Waals surface area contributed by atoms with Gasteiger partial charge in [-0.2, -0.15) is 4.98 Å². The zero-order chi connectivity index (χ0) is 22.9. The van der Waals surface area contributed by atoms with Crippen LogP contribution in [0.25, 0.3) is 39.5 Å². The Morgan fingerprint density at radius 2 is 1.67 bits per heavy atom. The number of benzene rings is 3. The van der Waals surface area contributed by atoms with Gasteiger partial charge in [0, 0.05) is 34.8 Å². The second kappa shape index (κ2) is 7.02. The van der Waals surface area contributed by atoms with Crippen LogP contribution in [0.4, 0.5) is 0 Å². The molecule has 0 fully saturated rings. The van der Waals surface area contributed by atoms with Crippen molar-refractivity contribution in [2.75, 3.05) is 0 Å². The molecule has 3 aromatic carbocycles. The molecule has 33 heavy (non-hydrogen) atoms. The minimum Gasteiger partial charge on any atom is -0.437 e. The van der Waals surface area contributed by atoms with Gasteiger partial charge in [0.2, 0.25) is 5.71 Å². The minimum absolute atomic E-state index is 0.0699. The summed E-state index contributed by atoms with van der Waals surface area (Å²) in [5, 5.41) is 2.76. The monoisotopic (exact) mass is 452 g/mol. The fourth-order valence-electron chi connectivity index (χ4n) is 4.38. The molecule has 5 nitrogen and oxygen atoms in total. The molecular formula is C27H17ClN2O3. The van der Waals surface area contributed by atoms with E-state index in [0.29, 0.717) is 27.6 Å². The molecule has 5 aromatic rings. The van der Waals surface area contributed by atoms with E-state index in [1.165, 1.54) is 6.08 Å². The summed E-state index contributed by atoms with van der Waals surface area (Å²) in [5.41, 5.74) is 3.73. The summed E-state index contributed by atoms with van der Waals surface area (Å²) in [6.07, 6.45) is 1.49. The molecule has 2 heterocycles. The smallest absolute Gasteiger partial charge is 0.245 e. The summed E-state index contributed by atoms with van der Waals surface area (Å²) in [4.78, 5) is 30.3. The molecule has 0 bridgehead atoms. The Labute approximate surface area is 193 Å². The van der Waals surface area contributed by atoms with Crippen molar-refractivity contribution in [3.05, 3.63) is 93.7 Å². The van der Waals surface area contributed by atoms with E-state index in [9.17, 15) is 9.59 Å². The van der Waals surface area contributed by atoms with Crippen LogP contribution in [0.2, 0.25) is 5.02 Å². The Morgan fingerprint density at radius 3 is 2.42 bits per heavy atom. The number of aryl methyl sites for hydroxylation is 2. The van der Waals surface area contributed by atoms with Gasteiger partial charge in [0.25, 0.3) is 0 Å². The van der Waals surface area contributed by atoms with Crippen molar-refractivity contribution in [3.63, 3.8) is 0 Å². The Bertz CT molecular complexity index is 1640. The molecule has 0 amide bonds. The lowest BCUT2D eigenvalue weighted by molar-refractivity contribution is 0.0990. The SMILES string of the molecule is Cc1cc2c(cc1Cl)C(=O)/C(=C/c1cc3c(nc(-c4ccc5ccccc5c4)n3C)o1)C2=O. The van der Waals surface area contributed by atoms with Gasteiger partial charge in [-0.05, 0) is 47.5 Å². The van der Waals surface area contributed by atoms with Crippen molar-refractivity contribution < 1.29 is 14.0 Å². The highest BCUT2D eigenvalue weighted by Crippen LogP contribution is 2.33. The van der Waals surface area contributed by atoms with Gasteiger partial charge in [0.15, 0.2) is 11.6 Å². The standard InChI is InChI=1S/C27H17ClN2O3/c1-14-9-19-20(13-22(14)28)25(32)21(24(19)31)11-18-12-23-27(33-18)29-26(30(23)2)17-8-7-15-5-3-4-6-16(15)10-17/h3-13H,1-2H3/b21-11+. The highest BCUT2D eigenvalue weighted by atomic mass is 35.5. The first kappa shape index (κ1) is 19.7. The van der Waals surface area contributed by atoms with Crippen LogP contribution in [-0.2, 0) is 7.05 Å². The molecule has 2 aromatic heterocycles. The maximum absolute atomic E-state index is 12.8. The number of Topliss-reactive ketones (excluding diaryl/α,β-unsaturated/α-hetero) is 2. The number of aromatic nitrogens is 2. The molecule has 1 aliphatic carbocycles. The number of allylic oxidation sites excluding steroid dienone is 1. The Kier molecular flexibility index (Phi) is 4.19.